The topological polar surface area (TPSA) is 58.4 Å². The molecule has 0 saturated heterocycles. The molecule has 0 amide bonds. The van der Waals surface area contributed by atoms with Crippen LogP contribution in [0.2, 0.25) is 0 Å². The zero-order valence-corrected chi connectivity index (χ0v) is 15.8. The van der Waals surface area contributed by atoms with E-state index in [1.54, 1.807) is 14.2 Å². The molecule has 1 unspecified atom stereocenters. The first-order valence-corrected chi connectivity index (χ1v) is 9.12. The largest absolute Gasteiger partial charge is 0.496 e. The summed E-state index contributed by atoms with van der Waals surface area (Å²) in [5.74, 6) is 2.72. The van der Waals surface area contributed by atoms with Crippen molar-refractivity contribution in [2.24, 2.45) is 0 Å². The Kier molecular flexibility index (Phi) is 4.66. The summed E-state index contributed by atoms with van der Waals surface area (Å²) in [6.07, 6.45) is 1.28. The number of ketones is 1. The molecule has 0 fully saturated rings. The van der Waals surface area contributed by atoms with Crippen LogP contribution in [0.4, 0.5) is 0 Å². The number of methoxy groups -OCH3 is 2. The number of likely N-dealkylation sites (N-methyl/N-ethyl adjacent to an activating group) is 1. The Labute approximate surface area is 158 Å². The molecular weight excluding hydrogens is 346 g/mol. The molecule has 0 radical (unpaired) electrons. The SMILES string of the molecule is COc1ccccc1C(=O)C[C@@H]1c2c(cc3c(c2OC)OCO3)CC[NH+]1C. The molecule has 2 aromatic carbocycles. The lowest BCUT2D eigenvalue weighted by molar-refractivity contribution is -0.913. The third kappa shape index (κ3) is 3.00. The van der Waals surface area contributed by atoms with E-state index in [4.69, 9.17) is 18.9 Å². The van der Waals surface area contributed by atoms with Crippen LogP contribution < -0.4 is 23.8 Å². The number of hydrogen-bond donors (Lipinski definition) is 1. The molecular formula is C21H24NO5+. The van der Waals surface area contributed by atoms with Gasteiger partial charge in [-0.15, -0.1) is 0 Å². The van der Waals surface area contributed by atoms with E-state index in [1.807, 2.05) is 30.3 Å². The molecule has 6 nitrogen and oxygen atoms in total. The van der Waals surface area contributed by atoms with Gasteiger partial charge in [0.05, 0.1) is 45.4 Å². The second-order valence-corrected chi connectivity index (χ2v) is 6.94. The number of carbonyl (C=O) groups excluding carboxylic acids is 1. The van der Waals surface area contributed by atoms with Gasteiger partial charge >= 0.3 is 0 Å². The molecule has 0 aromatic heterocycles. The third-order valence-electron chi connectivity index (χ3n) is 5.48. The fourth-order valence-electron chi connectivity index (χ4n) is 4.07. The van der Waals surface area contributed by atoms with E-state index in [2.05, 4.69) is 7.05 Å². The summed E-state index contributed by atoms with van der Waals surface area (Å²) >= 11 is 0. The van der Waals surface area contributed by atoms with Gasteiger partial charge in [0.2, 0.25) is 12.5 Å². The lowest BCUT2D eigenvalue weighted by atomic mass is 9.87. The van der Waals surface area contributed by atoms with Crippen LogP contribution in [0.15, 0.2) is 30.3 Å². The normalized spacial score (nSPS) is 20.1. The molecule has 4 rings (SSSR count). The fourth-order valence-corrected chi connectivity index (χ4v) is 4.07. The number of carbonyl (C=O) groups is 1. The van der Waals surface area contributed by atoms with Crippen molar-refractivity contribution in [3.8, 4) is 23.0 Å². The zero-order valence-electron chi connectivity index (χ0n) is 15.8. The number of para-hydroxylation sites is 1. The predicted molar refractivity (Wildman–Crippen MR) is 99.3 cm³/mol. The zero-order chi connectivity index (χ0) is 19.0. The maximum absolute atomic E-state index is 13.1. The highest BCUT2D eigenvalue weighted by Crippen LogP contribution is 2.48. The van der Waals surface area contributed by atoms with E-state index in [0.717, 1.165) is 24.3 Å². The highest BCUT2D eigenvalue weighted by molar-refractivity contribution is 5.99. The predicted octanol–water partition coefficient (Wildman–Crippen LogP) is 1.82. The Bertz CT molecular complexity index is 879. The van der Waals surface area contributed by atoms with E-state index in [0.29, 0.717) is 29.2 Å². The van der Waals surface area contributed by atoms with Gasteiger partial charge in [-0.2, -0.15) is 0 Å². The Hall–Kier alpha value is -2.73. The number of rotatable bonds is 5. The smallest absolute Gasteiger partial charge is 0.231 e. The van der Waals surface area contributed by atoms with Crippen molar-refractivity contribution in [3.63, 3.8) is 0 Å². The summed E-state index contributed by atoms with van der Waals surface area (Å²) < 4.78 is 22.3. The summed E-state index contributed by atoms with van der Waals surface area (Å²) in [5.41, 5.74) is 2.83. The Balaban J connectivity index is 1.73. The highest BCUT2D eigenvalue weighted by atomic mass is 16.7. The first-order chi connectivity index (χ1) is 13.1. The van der Waals surface area contributed by atoms with Crippen LogP contribution in [0.5, 0.6) is 23.0 Å². The van der Waals surface area contributed by atoms with Crippen LogP contribution in [-0.2, 0) is 6.42 Å². The van der Waals surface area contributed by atoms with Crippen LogP contribution in [-0.4, -0.2) is 40.4 Å². The van der Waals surface area contributed by atoms with Crippen molar-refractivity contribution >= 4 is 5.78 Å². The van der Waals surface area contributed by atoms with E-state index in [9.17, 15) is 4.79 Å². The second kappa shape index (κ2) is 7.12. The average Bonchev–Trinajstić information content (AvgIpc) is 3.16. The number of nitrogens with one attached hydrogen (secondary N) is 1. The van der Waals surface area contributed by atoms with Crippen LogP contribution in [0, 0.1) is 0 Å². The van der Waals surface area contributed by atoms with Crippen molar-refractivity contribution in [2.75, 3.05) is 34.6 Å². The van der Waals surface area contributed by atoms with E-state index in [-0.39, 0.29) is 18.6 Å². The van der Waals surface area contributed by atoms with Gasteiger partial charge in [0.1, 0.15) is 11.8 Å². The van der Waals surface area contributed by atoms with Crippen molar-refractivity contribution in [3.05, 3.63) is 47.0 Å². The molecule has 2 aliphatic heterocycles. The lowest BCUT2D eigenvalue weighted by Gasteiger charge is -2.32. The minimum absolute atomic E-state index is 0.0180. The number of benzene rings is 2. The van der Waals surface area contributed by atoms with Gasteiger partial charge in [0.25, 0.3) is 0 Å². The maximum Gasteiger partial charge on any atom is 0.231 e. The molecule has 0 saturated carbocycles. The molecule has 0 spiro atoms. The first-order valence-electron chi connectivity index (χ1n) is 9.12. The summed E-state index contributed by atoms with van der Waals surface area (Å²) in [6.45, 7) is 1.14. The fraction of sp³-hybridized carbons (Fsp3) is 0.381. The third-order valence-corrected chi connectivity index (χ3v) is 5.48. The number of quaternary nitrogens is 1. The van der Waals surface area contributed by atoms with Crippen molar-refractivity contribution in [1.82, 2.24) is 0 Å². The molecule has 1 N–H and O–H groups in total. The maximum atomic E-state index is 13.1. The number of fused-ring (bicyclic) bond motifs is 2. The van der Waals surface area contributed by atoms with Gasteiger partial charge in [0.15, 0.2) is 17.3 Å². The molecule has 0 aliphatic carbocycles. The quantitative estimate of drug-likeness (QED) is 0.814. The van der Waals surface area contributed by atoms with Crippen LogP contribution in [0.3, 0.4) is 0 Å². The number of hydrogen-bond acceptors (Lipinski definition) is 5. The Morgan fingerprint density at radius 2 is 2.04 bits per heavy atom. The molecule has 0 bridgehead atoms. The molecule has 142 valence electrons. The van der Waals surface area contributed by atoms with Crippen molar-refractivity contribution < 1.29 is 28.6 Å². The minimum Gasteiger partial charge on any atom is -0.496 e. The minimum atomic E-state index is -0.0180. The van der Waals surface area contributed by atoms with Gasteiger partial charge in [0, 0.05) is 6.42 Å². The van der Waals surface area contributed by atoms with Gasteiger partial charge < -0.3 is 23.8 Å². The molecule has 6 heteroatoms. The van der Waals surface area contributed by atoms with Gasteiger partial charge in [-0.05, 0) is 23.8 Å². The molecule has 2 aliphatic rings. The summed E-state index contributed by atoms with van der Waals surface area (Å²) in [7, 11) is 5.34. The summed E-state index contributed by atoms with van der Waals surface area (Å²) in [4.78, 5) is 14.4. The molecule has 2 heterocycles. The average molecular weight is 370 g/mol. The summed E-state index contributed by atoms with van der Waals surface area (Å²) in [6, 6.07) is 9.38. The van der Waals surface area contributed by atoms with E-state index in [1.165, 1.54) is 10.5 Å². The highest BCUT2D eigenvalue weighted by Gasteiger charge is 2.37. The van der Waals surface area contributed by atoms with Crippen LogP contribution in [0.25, 0.3) is 0 Å². The lowest BCUT2D eigenvalue weighted by Crippen LogP contribution is -3.10. The van der Waals surface area contributed by atoms with Crippen molar-refractivity contribution in [1.29, 1.82) is 0 Å². The standard InChI is InChI=1S/C21H23NO5/c1-22-9-8-13-10-18-20(27-12-26-18)21(25-3)19(13)15(22)11-16(23)14-6-4-5-7-17(14)24-2/h4-7,10,15H,8-9,11-12H2,1-3H3/p+1/t15-/m1/s1. The Morgan fingerprint density at radius 3 is 2.81 bits per heavy atom. The second-order valence-electron chi connectivity index (χ2n) is 6.94. The number of Topliss-reactive ketones (excluding diaryl/α,β-unsaturated/α-hetero) is 1. The molecule has 27 heavy (non-hydrogen) atoms. The Morgan fingerprint density at radius 1 is 1.22 bits per heavy atom. The van der Waals surface area contributed by atoms with Gasteiger partial charge in [-0.1, -0.05) is 12.1 Å². The number of ether oxygens (including phenoxy) is 4. The summed E-state index contributed by atoms with van der Waals surface area (Å²) in [5, 5.41) is 0. The van der Waals surface area contributed by atoms with E-state index < -0.39 is 0 Å². The van der Waals surface area contributed by atoms with Gasteiger partial charge in [-0.3, -0.25) is 4.79 Å². The monoisotopic (exact) mass is 370 g/mol. The van der Waals surface area contributed by atoms with Gasteiger partial charge in [-0.25, -0.2) is 0 Å². The molecule has 2 atom stereocenters. The molecule has 2 aromatic rings. The van der Waals surface area contributed by atoms with E-state index >= 15 is 0 Å². The van der Waals surface area contributed by atoms with Crippen LogP contribution in [0.1, 0.15) is 33.9 Å². The van der Waals surface area contributed by atoms with Crippen molar-refractivity contribution in [2.45, 2.75) is 18.9 Å². The first kappa shape index (κ1) is 17.7. The van der Waals surface area contributed by atoms with Crippen LogP contribution >= 0.6 is 0 Å².